The number of anilines is 1. The summed E-state index contributed by atoms with van der Waals surface area (Å²) in [5.74, 6) is 0.504. The number of hydrogen-bond donors (Lipinski definition) is 3. The molecule has 2 amide bonds. The van der Waals surface area contributed by atoms with Crippen molar-refractivity contribution >= 4 is 30.3 Å². The van der Waals surface area contributed by atoms with Crippen LogP contribution in [0.2, 0.25) is 0 Å². The Morgan fingerprint density at radius 2 is 2.03 bits per heavy atom. The smallest absolute Gasteiger partial charge is 0.407 e. The Balaban J connectivity index is 1.28. The number of carbonyl (C=O) groups is 2. The van der Waals surface area contributed by atoms with Gasteiger partial charge in [0.25, 0.3) is 0 Å². The molecule has 172 valence electrons. The summed E-state index contributed by atoms with van der Waals surface area (Å²) in [7, 11) is -2.37. The molecule has 32 heavy (non-hydrogen) atoms. The highest BCUT2D eigenvalue weighted by Crippen LogP contribution is 2.37. The molecule has 1 unspecified atom stereocenters. The fraction of sp³-hybridized carbons (Fsp3) is 0.522. The summed E-state index contributed by atoms with van der Waals surface area (Å²) >= 11 is 0. The van der Waals surface area contributed by atoms with E-state index in [0.717, 1.165) is 48.7 Å². The minimum Gasteiger partial charge on any atom is -0.446 e. The van der Waals surface area contributed by atoms with Gasteiger partial charge >= 0.3 is 6.09 Å². The van der Waals surface area contributed by atoms with Crippen molar-refractivity contribution in [3.63, 3.8) is 0 Å². The van der Waals surface area contributed by atoms with Gasteiger partial charge in [-0.2, -0.15) is 5.10 Å². The van der Waals surface area contributed by atoms with Crippen LogP contribution in [0.4, 0.5) is 10.6 Å². The van der Waals surface area contributed by atoms with Crippen molar-refractivity contribution in [2.75, 3.05) is 18.6 Å². The summed E-state index contributed by atoms with van der Waals surface area (Å²) in [4.78, 5) is 24.5. The Kier molecular flexibility index (Phi) is 6.17. The van der Waals surface area contributed by atoms with Crippen molar-refractivity contribution in [2.24, 2.45) is 0 Å². The average molecular weight is 458 g/mol. The van der Waals surface area contributed by atoms with Crippen LogP contribution >= 0.6 is 7.14 Å². The molecule has 3 N–H and O–H groups in total. The molecule has 0 spiro atoms. The molecule has 0 saturated heterocycles. The molecule has 9 heteroatoms. The van der Waals surface area contributed by atoms with Crippen molar-refractivity contribution < 1.29 is 18.9 Å². The van der Waals surface area contributed by atoms with Crippen LogP contribution in [0.3, 0.4) is 0 Å². The van der Waals surface area contributed by atoms with Gasteiger partial charge in [-0.3, -0.25) is 9.89 Å². The third kappa shape index (κ3) is 5.80. The SMILES string of the molecule is CC1(NC(=O)O[C@@H]2CCC(c3cc(NC(=O)Cc4cccc(P(C)(C)=O)c4)n[nH]3)C2)CC1. The fourth-order valence-electron chi connectivity index (χ4n) is 4.05. The van der Waals surface area contributed by atoms with E-state index < -0.39 is 7.14 Å². The first-order valence-electron chi connectivity index (χ1n) is 11.1. The quantitative estimate of drug-likeness (QED) is 0.547. The number of nitrogens with zero attached hydrogens (tertiary/aromatic N) is 1. The summed E-state index contributed by atoms with van der Waals surface area (Å²) in [6, 6.07) is 9.19. The van der Waals surface area contributed by atoms with Gasteiger partial charge in [-0.15, -0.1) is 0 Å². The summed E-state index contributed by atoms with van der Waals surface area (Å²) < 4.78 is 17.9. The number of alkyl carbamates (subject to hydrolysis) is 1. The number of rotatable bonds is 7. The predicted octanol–water partition coefficient (Wildman–Crippen LogP) is 3.75. The minimum atomic E-state index is -2.37. The third-order valence-electron chi connectivity index (χ3n) is 6.26. The zero-order valence-electron chi connectivity index (χ0n) is 18.8. The van der Waals surface area contributed by atoms with E-state index in [1.807, 2.05) is 37.3 Å². The second-order valence-electron chi connectivity index (χ2n) is 9.68. The van der Waals surface area contributed by atoms with Crippen LogP contribution in [0, 0.1) is 0 Å². The van der Waals surface area contributed by atoms with E-state index in [2.05, 4.69) is 20.8 Å². The van der Waals surface area contributed by atoms with Crippen LogP contribution in [0.1, 0.15) is 56.2 Å². The van der Waals surface area contributed by atoms with Gasteiger partial charge in [0, 0.05) is 28.5 Å². The molecule has 0 bridgehead atoms. The van der Waals surface area contributed by atoms with Crippen LogP contribution in [0.5, 0.6) is 0 Å². The average Bonchev–Trinajstić information content (AvgIpc) is 3.07. The number of carbonyl (C=O) groups excluding carboxylic acids is 2. The zero-order valence-corrected chi connectivity index (χ0v) is 19.7. The molecular formula is C23H31N4O4P. The highest BCUT2D eigenvalue weighted by molar-refractivity contribution is 7.70. The van der Waals surface area contributed by atoms with Crippen LogP contribution < -0.4 is 15.9 Å². The van der Waals surface area contributed by atoms with Gasteiger partial charge < -0.3 is 19.9 Å². The molecular weight excluding hydrogens is 427 g/mol. The van der Waals surface area contributed by atoms with Crippen LogP contribution in [-0.4, -0.2) is 47.2 Å². The molecule has 0 radical (unpaired) electrons. The Bertz CT molecular complexity index is 1060. The van der Waals surface area contributed by atoms with Gasteiger partial charge in [0.15, 0.2) is 5.82 Å². The Morgan fingerprint density at radius 3 is 2.75 bits per heavy atom. The molecule has 2 aromatic rings. The third-order valence-corrected chi connectivity index (χ3v) is 7.79. The maximum absolute atomic E-state index is 12.5. The van der Waals surface area contributed by atoms with Gasteiger partial charge in [-0.1, -0.05) is 18.2 Å². The maximum atomic E-state index is 12.5. The number of ether oxygens (including phenoxy) is 1. The van der Waals surface area contributed by atoms with Crippen molar-refractivity contribution in [1.29, 1.82) is 0 Å². The number of aromatic nitrogens is 2. The van der Waals surface area contributed by atoms with E-state index in [1.54, 1.807) is 13.3 Å². The van der Waals surface area contributed by atoms with E-state index in [4.69, 9.17) is 4.74 Å². The van der Waals surface area contributed by atoms with Gasteiger partial charge in [0.1, 0.15) is 13.2 Å². The summed E-state index contributed by atoms with van der Waals surface area (Å²) in [5.41, 5.74) is 1.66. The first-order valence-corrected chi connectivity index (χ1v) is 13.7. The van der Waals surface area contributed by atoms with E-state index in [-0.39, 0.29) is 36.0 Å². The van der Waals surface area contributed by atoms with Gasteiger partial charge in [-0.25, -0.2) is 4.79 Å². The predicted molar refractivity (Wildman–Crippen MR) is 124 cm³/mol. The first kappa shape index (κ1) is 22.6. The number of aromatic amines is 1. The van der Waals surface area contributed by atoms with Gasteiger partial charge in [0.05, 0.1) is 6.42 Å². The lowest BCUT2D eigenvalue weighted by Gasteiger charge is -2.16. The molecule has 2 aliphatic rings. The summed E-state index contributed by atoms with van der Waals surface area (Å²) in [5, 5.41) is 13.7. The van der Waals surface area contributed by atoms with Crippen molar-refractivity contribution in [2.45, 2.75) is 63.0 Å². The lowest BCUT2D eigenvalue weighted by molar-refractivity contribution is -0.115. The van der Waals surface area contributed by atoms with Gasteiger partial charge in [-0.05, 0) is 64.0 Å². The lowest BCUT2D eigenvalue weighted by atomic mass is 10.0. The minimum absolute atomic E-state index is 0.0837. The molecule has 2 aliphatic carbocycles. The van der Waals surface area contributed by atoms with E-state index in [9.17, 15) is 14.2 Å². The molecule has 2 atom stereocenters. The molecule has 2 saturated carbocycles. The number of benzene rings is 1. The highest BCUT2D eigenvalue weighted by Gasteiger charge is 2.40. The van der Waals surface area contributed by atoms with Gasteiger partial charge in [0.2, 0.25) is 5.91 Å². The second-order valence-corrected chi connectivity index (χ2v) is 12.9. The summed E-state index contributed by atoms with van der Waals surface area (Å²) in [6.45, 7) is 5.46. The molecule has 1 aromatic carbocycles. The van der Waals surface area contributed by atoms with E-state index >= 15 is 0 Å². The molecule has 0 aliphatic heterocycles. The van der Waals surface area contributed by atoms with Crippen molar-refractivity contribution in [1.82, 2.24) is 15.5 Å². The summed E-state index contributed by atoms with van der Waals surface area (Å²) in [6.07, 6.45) is 4.19. The molecule has 1 aromatic heterocycles. The van der Waals surface area contributed by atoms with E-state index in [1.165, 1.54) is 0 Å². The number of hydrogen-bond acceptors (Lipinski definition) is 5. The number of amides is 2. The number of H-pyrrole nitrogens is 1. The topological polar surface area (TPSA) is 113 Å². The lowest BCUT2D eigenvalue weighted by Crippen LogP contribution is -2.36. The molecule has 2 fully saturated rings. The monoisotopic (exact) mass is 458 g/mol. The highest BCUT2D eigenvalue weighted by atomic mass is 31.2. The Labute approximate surface area is 188 Å². The normalized spacial score (nSPS) is 21.7. The standard InChI is InChI=1S/C23H31N4O4P/c1-23(9-10-23)25-22(29)31-17-8-7-16(13-17)19-14-20(27-26-19)24-21(28)12-15-5-4-6-18(11-15)32(2,3)30/h4-6,11,14,16-17H,7-10,12-13H2,1-3H3,(H,25,29)(H2,24,26,27,28)/t16?,17-/m1/s1. The zero-order chi connectivity index (χ0) is 22.9. The Morgan fingerprint density at radius 1 is 1.25 bits per heavy atom. The molecule has 1 heterocycles. The van der Waals surface area contributed by atoms with E-state index in [0.29, 0.717) is 5.82 Å². The molecule has 8 nitrogen and oxygen atoms in total. The number of nitrogens with one attached hydrogen (secondary N) is 3. The Hall–Kier alpha value is -2.60. The largest absolute Gasteiger partial charge is 0.446 e. The van der Waals surface area contributed by atoms with Crippen LogP contribution in [0.15, 0.2) is 30.3 Å². The maximum Gasteiger partial charge on any atom is 0.407 e. The van der Waals surface area contributed by atoms with Crippen molar-refractivity contribution in [3.8, 4) is 0 Å². The van der Waals surface area contributed by atoms with Crippen molar-refractivity contribution in [3.05, 3.63) is 41.6 Å². The second kappa shape index (κ2) is 8.74. The first-order chi connectivity index (χ1) is 15.1. The fourth-order valence-corrected chi connectivity index (χ4v) is 4.97. The van der Waals surface area contributed by atoms with Crippen LogP contribution in [-0.2, 0) is 20.5 Å². The van der Waals surface area contributed by atoms with Crippen LogP contribution in [0.25, 0.3) is 0 Å². The molecule has 4 rings (SSSR count).